The van der Waals surface area contributed by atoms with Crippen molar-refractivity contribution in [3.8, 4) is 0 Å². The van der Waals surface area contributed by atoms with E-state index in [2.05, 4.69) is 61.3 Å². The van der Waals surface area contributed by atoms with E-state index in [1.165, 1.54) is 31.2 Å². The van der Waals surface area contributed by atoms with Gasteiger partial charge in [0.2, 0.25) is 0 Å². The number of benzene rings is 1. The highest BCUT2D eigenvalue weighted by molar-refractivity contribution is 7.99. The fourth-order valence-corrected chi connectivity index (χ4v) is 4.51. The van der Waals surface area contributed by atoms with Crippen molar-refractivity contribution in [2.24, 2.45) is 5.92 Å². The summed E-state index contributed by atoms with van der Waals surface area (Å²) in [5.74, 6) is 2.10. The van der Waals surface area contributed by atoms with Crippen molar-refractivity contribution in [3.05, 3.63) is 35.9 Å². The van der Waals surface area contributed by atoms with Crippen LogP contribution in [-0.4, -0.2) is 17.8 Å². The monoisotopic (exact) mass is 277 g/mol. The number of hydrogen-bond donors (Lipinski definition) is 1. The molecule has 3 atom stereocenters. The molecule has 1 saturated carbocycles. The lowest BCUT2D eigenvalue weighted by Crippen LogP contribution is -2.42. The molecule has 2 rings (SSSR count). The molecule has 0 heterocycles. The van der Waals surface area contributed by atoms with Crippen molar-refractivity contribution in [1.29, 1.82) is 0 Å². The van der Waals surface area contributed by atoms with Gasteiger partial charge in [0, 0.05) is 17.0 Å². The highest BCUT2D eigenvalue weighted by atomic mass is 32.2. The Morgan fingerprint density at radius 1 is 1.16 bits per heavy atom. The van der Waals surface area contributed by atoms with E-state index in [9.17, 15) is 0 Å². The van der Waals surface area contributed by atoms with Crippen LogP contribution in [0.25, 0.3) is 0 Å². The van der Waals surface area contributed by atoms with Crippen LogP contribution >= 0.6 is 11.8 Å². The molecule has 0 aliphatic heterocycles. The fourth-order valence-electron chi connectivity index (χ4n) is 3.04. The average molecular weight is 277 g/mol. The molecule has 0 amide bonds. The Bertz CT molecular complexity index is 352. The highest BCUT2D eigenvalue weighted by Crippen LogP contribution is 2.35. The van der Waals surface area contributed by atoms with E-state index in [0.717, 1.165) is 29.5 Å². The second kappa shape index (κ2) is 7.96. The minimum atomic E-state index is 0.724. The number of thioether (sulfide) groups is 1. The zero-order valence-corrected chi connectivity index (χ0v) is 13.1. The predicted octanol–water partition coefficient (Wildman–Crippen LogP) is 4.48. The first-order valence-corrected chi connectivity index (χ1v) is 8.77. The van der Waals surface area contributed by atoms with E-state index in [-0.39, 0.29) is 0 Å². The average Bonchev–Trinajstić information content (AvgIpc) is 2.47. The van der Waals surface area contributed by atoms with Gasteiger partial charge < -0.3 is 5.32 Å². The van der Waals surface area contributed by atoms with E-state index in [1.54, 1.807) is 0 Å². The second-order valence-corrected chi connectivity index (χ2v) is 6.81. The molecule has 0 spiro atoms. The molecule has 1 aliphatic carbocycles. The molecule has 0 bridgehead atoms. The van der Waals surface area contributed by atoms with Crippen molar-refractivity contribution in [2.45, 2.75) is 56.6 Å². The molecular formula is C17H27NS. The van der Waals surface area contributed by atoms with Gasteiger partial charge in [-0.05, 0) is 37.3 Å². The van der Waals surface area contributed by atoms with Crippen molar-refractivity contribution in [2.75, 3.05) is 6.54 Å². The Kier molecular flexibility index (Phi) is 6.25. The third-order valence-corrected chi connectivity index (χ3v) is 5.70. The van der Waals surface area contributed by atoms with Crippen molar-refractivity contribution in [3.63, 3.8) is 0 Å². The van der Waals surface area contributed by atoms with E-state index in [0.29, 0.717) is 0 Å². The summed E-state index contributed by atoms with van der Waals surface area (Å²) < 4.78 is 0. The van der Waals surface area contributed by atoms with Gasteiger partial charge in [0.05, 0.1) is 0 Å². The molecule has 1 N–H and O–H groups in total. The third-order valence-electron chi connectivity index (χ3n) is 4.25. The first-order valence-electron chi connectivity index (χ1n) is 7.72. The van der Waals surface area contributed by atoms with Crippen molar-refractivity contribution < 1.29 is 0 Å². The maximum Gasteiger partial charge on any atom is 0.0207 e. The quantitative estimate of drug-likeness (QED) is 0.823. The Balaban J connectivity index is 1.89. The predicted molar refractivity (Wildman–Crippen MR) is 86.6 cm³/mol. The van der Waals surface area contributed by atoms with E-state index >= 15 is 0 Å². The van der Waals surface area contributed by atoms with Gasteiger partial charge in [-0.25, -0.2) is 0 Å². The summed E-state index contributed by atoms with van der Waals surface area (Å²) in [6.07, 6.45) is 5.52. The highest BCUT2D eigenvalue weighted by Gasteiger charge is 2.29. The molecule has 1 fully saturated rings. The molecular weight excluding hydrogens is 250 g/mol. The van der Waals surface area contributed by atoms with Gasteiger partial charge in [0.25, 0.3) is 0 Å². The van der Waals surface area contributed by atoms with Crippen LogP contribution in [0.5, 0.6) is 0 Å². The maximum absolute atomic E-state index is 3.69. The van der Waals surface area contributed by atoms with Crippen LogP contribution in [0.2, 0.25) is 0 Å². The van der Waals surface area contributed by atoms with Crippen molar-refractivity contribution in [1.82, 2.24) is 5.32 Å². The lowest BCUT2D eigenvalue weighted by atomic mass is 9.84. The molecule has 0 aromatic heterocycles. The smallest absolute Gasteiger partial charge is 0.0207 e. The summed E-state index contributed by atoms with van der Waals surface area (Å²) in [7, 11) is 0. The van der Waals surface area contributed by atoms with E-state index in [1.807, 2.05) is 0 Å². The van der Waals surface area contributed by atoms with Gasteiger partial charge >= 0.3 is 0 Å². The summed E-state index contributed by atoms with van der Waals surface area (Å²) in [6, 6.07) is 11.6. The van der Waals surface area contributed by atoms with Gasteiger partial charge in [0.15, 0.2) is 0 Å². The molecule has 1 aliphatic rings. The summed E-state index contributed by atoms with van der Waals surface area (Å²) >= 11 is 2.16. The van der Waals surface area contributed by atoms with Crippen LogP contribution in [0.1, 0.15) is 45.1 Å². The fraction of sp³-hybridized carbons (Fsp3) is 0.647. The van der Waals surface area contributed by atoms with Gasteiger partial charge in [-0.15, -0.1) is 0 Å². The molecule has 106 valence electrons. The topological polar surface area (TPSA) is 12.0 Å². The van der Waals surface area contributed by atoms with Crippen molar-refractivity contribution >= 4 is 11.8 Å². The van der Waals surface area contributed by atoms with Crippen LogP contribution in [0.3, 0.4) is 0 Å². The largest absolute Gasteiger partial charge is 0.313 e. The Hall–Kier alpha value is -0.470. The Labute approximate surface area is 122 Å². The first-order chi connectivity index (χ1) is 9.33. The van der Waals surface area contributed by atoms with Gasteiger partial charge in [0.1, 0.15) is 0 Å². The lowest BCUT2D eigenvalue weighted by molar-refractivity contribution is 0.298. The summed E-state index contributed by atoms with van der Waals surface area (Å²) in [6.45, 7) is 5.67. The van der Waals surface area contributed by atoms with Crippen LogP contribution in [0.15, 0.2) is 30.3 Å². The molecule has 1 nitrogen and oxygen atoms in total. The number of nitrogens with one attached hydrogen (secondary N) is 1. The summed E-state index contributed by atoms with van der Waals surface area (Å²) in [5.41, 5.74) is 1.46. The molecule has 1 aromatic carbocycles. The first kappa shape index (κ1) is 14.9. The van der Waals surface area contributed by atoms with E-state index in [4.69, 9.17) is 0 Å². The van der Waals surface area contributed by atoms with Crippen LogP contribution in [-0.2, 0) is 5.75 Å². The van der Waals surface area contributed by atoms with Crippen LogP contribution in [0.4, 0.5) is 0 Å². The molecule has 0 saturated heterocycles. The third kappa shape index (κ3) is 4.54. The molecule has 0 radical (unpaired) electrons. The van der Waals surface area contributed by atoms with E-state index < -0.39 is 0 Å². The molecule has 1 aromatic rings. The molecule has 19 heavy (non-hydrogen) atoms. The zero-order chi connectivity index (χ0) is 13.5. The minimum Gasteiger partial charge on any atom is -0.313 e. The van der Waals surface area contributed by atoms with Crippen LogP contribution < -0.4 is 5.32 Å². The number of hydrogen-bond acceptors (Lipinski definition) is 2. The second-order valence-electron chi connectivity index (χ2n) is 5.59. The molecule has 2 heteroatoms. The maximum atomic E-state index is 3.69. The summed E-state index contributed by atoms with van der Waals surface area (Å²) in [5, 5.41) is 4.49. The zero-order valence-electron chi connectivity index (χ0n) is 12.3. The SMILES string of the molecule is CCNC1CCC(CC)CC1SCc1ccccc1. The summed E-state index contributed by atoms with van der Waals surface area (Å²) in [4.78, 5) is 0. The lowest BCUT2D eigenvalue weighted by Gasteiger charge is -2.36. The Morgan fingerprint density at radius 2 is 1.95 bits per heavy atom. The molecule has 3 unspecified atom stereocenters. The van der Waals surface area contributed by atoms with Gasteiger partial charge in [-0.2, -0.15) is 11.8 Å². The standard InChI is InChI=1S/C17H27NS/c1-3-14-10-11-16(18-4-2)17(12-14)19-13-15-8-6-5-7-9-15/h5-9,14,16-18H,3-4,10-13H2,1-2H3. The van der Waals surface area contributed by atoms with Gasteiger partial charge in [-0.1, -0.05) is 50.6 Å². The van der Waals surface area contributed by atoms with Crippen LogP contribution in [0, 0.1) is 5.92 Å². The Morgan fingerprint density at radius 3 is 2.63 bits per heavy atom. The normalized spacial score (nSPS) is 27.4. The van der Waals surface area contributed by atoms with Gasteiger partial charge in [-0.3, -0.25) is 0 Å². The minimum absolute atomic E-state index is 0.724. The number of rotatable bonds is 6.